The van der Waals surface area contributed by atoms with Crippen molar-refractivity contribution in [1.29, 1.82) is 0 Å². The highest BCUT2D eigenvalue weighted by molar-refractivity contribution is 7.10. The van der Waals surface area contributed by atoms with Crippen molar-refractivity contribution in [3.05, 3.63) is 22.4 Å². The van der Waals surface area contributed by atoms with Crippen LogP contribution in [-0.2, 0) is 20.7 Å². The first-order valence-electron chi connectivity index (χ1n) is 6.41. The van der Waals surface area contributed by atoms with E-state index in [9.17, 15) is 9.59 Å². The molecule has 1 saturated heterocycles. The van der Waals surface area contributed by atoms with E-state index in [0.717, 1.165) is 4.88 Å². The third-order valence-corrected chi connectivity index (χ3v) is 3.90. The number of ether oxygens (including phenoxy) is 1. The molecule has 6 heteroatoms. The fourth-order valence-electron chi connectivity index (χ4n) is 2.12. The van der Waals surface area contributed by atoms with Crippen molar-refractivity contribution in [2.75, 3.05) is 26.2 Å². The van der Waals surface area contributed by atoms with Crippen molar-refractivity contribution in [1.82, 2.24) is 10.2 Å². The summed E-state index contributed by atoms with van der Waals surface area (Å²) in [5.74, 6) is -0.337. The molecule has 2 rings (SSSR count). The van der Waals surface area contributed by atoms with E-state index in [2.05, 4.69) is 5.32 Å². The van der Waals surface area contributed by atoms with E-state index in [1.807, 2.05) is 17.5 Å². The van der Waals surface area contributed by atoms with Gasteiger partial charge in [-0.3, -0.25) is 4.79 Å². The van der Waals surface area contributed by atoms with E-state index in [1.54, 1.807) is 23.2 Å². The standard InChI is InChI=1S/C13H18N2O3S/c1-2-18-13(17)11-9-14-5-6-15(11)12(16)8-10-4-3-7-19-10/h3-4,7,11,14H,2,5-6,8-9H2,1H3. The number of nitrogens with zero attached hydrogens (tertiary/aromatic N) is 1. The van der Waals surface area contributed by atoms with Gasteiger partial charge in [-0.05, 0) is 18.4 Å². The zero-order valence-corrected chi connectivity index (χ0v) is 11.7. The fraction of sp³-hybridized carbons (Fsp3) is 0.538. The van der Waals surface area contributed by atoms with Crippen molar-refractivity contribution >= 4 is 23.2 Å². The summed E-state index contributed by atoms with van der Waals surface area (Å²) in [4.78, 5) is 26.8. The van der Waals surface area contributed by atoms with Gasteiger partial charge < -0.3 is 15.0 Å². The van der Waals surface area contributed by atoms with Crippen LogP contribution in [0.25, 0.3) is 0 Å². The molecule has 1 atom stereocenters. The molecular weight excluding hydrogens is 264 g/mol. The van der Waals surface area contributed by atoms with E-state index in [-0.39, 0.29) is 11.9 Å². The van der Waals surface area contributed by atoms with Gasteiger partial charge in [0.2, 0.25) is 5.91 Å². The van der Waals surface area contributed by atoms with Crippen LogP contribution >= 0.6 is 11.3 Å². The van der Waals surface area contributed by atoms with E-state index < -0.39 is 6.04 Å². The Bertz CT molecular complexity index is 433. The monoisotopic (exact) mass is 282 g/mol. The Morgan fingerprint density at radius 3 is 3.11 bits per heavy atom. The van der Waals surface area contributed by atoms with Gasteiger partial charge in [0.1, 0.15) is 6.04 Å². The number of piperazine rings is 1. The smallest absolute Gasteiger partial charge is 0.330 e. The Balaban J connectivity index is 2.02. The normalized spacial score (nSPS) is 19.2. The molecule has 1 fully saturated rings. The summed E-state index contributed by atoms with van der Waals surface area (Å²) in [6.45, 7) is 3.84. The van der Waals surface area contributed by atoms with Crippen molar-refractivity contribution in [2.45, 2.75) is 19.4 Å². The van der Waals surface area contributed by atoms with Crippen molar-refractivity contribution < 1.29 is 14.3 Å². The van der Waals surface area contributed by atoms with E-state index >= 15 is 0 Å². The molecule has 5 nitrogen and oxygen atoms in total. The summed E-state index contributed by atoms with van der Waals surface area (Å²) in [5.41, 5.74) is 0. The van der Waals surface area contributed by atoms with Crippen LogP contribution in [0.1, 0.15) is 11.8 Å². The predicted octanol–water partition coefficient (Wildman–Crippen LogP) is 0.654. The van der Waals surface area contributed by atoms with Crippen LogP contribution in [0.2, 0.25) is 0 Å². The number of thiophene rings is 1. The zero-order chi connectivity index (χ0) is 13.7. The SMILES string of the molecule is CCOC(=O)C1CNCCN1C(=O)Cc1cccs1. The molecule has 0 saturated carbocycles. The molecule has 1 aromatic heterocycles. The largest absolute Gasteiger partial charge is 0.464 e. The summed E-state index contributed by atoms with van der Waals surface area (Å²) in [6.07, 6.45) is 0.355. The lowest BCUT2D eigenvalue weighted by molar-refractivity contribution is -0.155. The number of carbonyl (C=O) groups is 2. The molecule has 0 aromatic carbocycles. The number of rotatable bonds is 4. The maximum absolute atomic E-state index is 12.3. The summed E-state index contributed by atoms with van der Waals surface area (Å²) in [7, 11) is 0. The number of amides is 1. The summed E-state index contributed by atoms with van der Waals surface area (Å²) >= 11 is 1.56. The zero-order valence-electron chi connectivity index (χ0n) is 10.9. The summed E-state index contributed by atoms with van der Waals surface area (Å²) in [5, 5.41) is 5.07. The highest BCUT2D eigenvalue weighted by Gasteiger charge is 2.32. The minimum absolute atomic E-state index is 0.0120. The lowest BCUT2D eigenvalue weighted by Crippen LogP contribution is -2.57. The second-order valence-electron chi connectivity index (χ2n) is 4.32. The van der Waals surface area contributed by atoms with Gasteiger partial charge in [-0.1, -0.05) is 6.07 Å². The molecule has 0 radical (unpaired) electrons. The van der Waals surface area contributed by atoms with Gasteiger partial charge in [0.15, 0.2) is 0 Å². The minimum atomic E-state index is -0.499. The highest BCUT2D eigenvalue weighted by atomic mass is 32.1. The molecule has 1 aliphatic heterocycles. The van der Waals surface area contributed by atoms with Crippen LogP contribution < -0.4 is 5.32 Å². The van der Waals surface area contributed by atoms with Crippen molar-refractivity contribution in [3.63, 3.8) is 0 Å². The molecule has 104 valence electrons. The minimum Gasteiger partial charge on any atom is -0.464 e. The number of esters is 1. The van der Waals surface area contributed by atoms with E-state index in [0.29, 0.717) is 32.7 Å². The Morgan fingerprint density at radius 2 is 2.42 bits per heavy atom. The second-order valence-corrected chi connectivity index (χ2v) is 5.35. The first kappa shape index (κ1) is 14.0. The molecule has 1 aliphatic rings. The van der Waals surface area contributed by atoms with Gasteiger partial charge in [0.05, 0.1) is 13.0 Å². The first-order valence-corrected chi connectivity index (χ1v) is 7.29. The topological polar surface area (TPSA) is 58.6 Å². The number of hydrogen-bond donors (Lipinski definition) is 1. The summed E-state index contributed by atoms with van der Waals surface area (Å²) in [6, 6.07) is 3.36. The van der Waals surface area contributed by atoms with Gasteiger partial charge in [0.25, 0.3) is 0 Å². The molecule has 0 bridgehead atoms. The fourth-order valence-corrected chi connectivity index (χ4v) is 2.81. The molecule has 1 amide bonds. The average molecular weight is 282 g/mol. The molecule has 0 aliphatic carbocycles. The Morgan fingerprint density at radius 1 is 1.58 bits per heavy atom. The second kappa shape index (κ2) is 6.68. The Labute approximate surface area is 116 Å². The molecule has 1 N–H and O–H groups in total. The van der Waals surface area contributed by atoms with Crippen LogP contribution in [0.4, 0.5) is 0 Å². The Kier molecular flexibility index (Phi) is 4.93. The number of nitrogens with one attached hydrogen (secondary N) is 1. The maximum atomic E-state index is 12.3. The lowest BCUT2D eigenvalue weighted by Gasteiger charge is -2.34. The molecule has 1 aromatic rings. The van der Waals surface area contributed by atoms with Crippen LogP contribution in [0.15, 0.2) is 17.5 Å². The van der Waals surface area contributed by atoms with Crippen LogP contribution in [-0.4, -0.2) is 49.1 Å². The average Bonchev–Trinajstić information content (AvgIpc) is 2.92. The molecular formula is C13H18N2O3S. The maximum Gasteiger partial charge on any atom is 0.330 e. The van der Waals surface area contributed by atoms with Crippen LogP contribution in [0, 0.1) is 0 Å². The van der Waals surface area contributed by atoms with Gasteiger partial charge in [0, 0.05) is 24.5 Å². The first-order chi connectivity index (χ1) is 9.22. The van der Waals surface area contributed by atoms with Gasteiger partial charge in [-0.25, -0.2) is 4.79 Å². The lowest BCUT2D eigenvalue weighted by atomic mass is 10.1. The van der Waals surface area contributed by atoms with Gasteiger partial charge >= 0.3 is 5.97 Å². The highest BCUT2D eigenvalue weighted by Crippen LogP contribution is 2.13. The molecule has 0 spiro atoms. The number of hydrogen-bond acceptors (Lipinski definition) is 5. The summed E-state index contributed by atoms with van der Waals surface area (Å²) < 4.78 is 5.03. The predicted molar refractivity (Wildman–Crippen MR) is 73.0 cm³/mol. The van der Waals surface area contributed by atoms with Crippen molar-refractivity contribution in [2.24, 2.45) is 0 Å². The van der Waals surface area contributed by atoms with Crippen molar-refractivity contribution in [3.8, 4) is 0 Å². The van der Waals surface area contributed by atoms with Crippen LogP contribution in [0.3, 0.4) is 0 Å². The van der Waals surface area contributed by atoms with Crippen LogP contribution in [0.5, 0.6) is 0 Å². The molecule has 2 heterocycles. The molecule has 1 unspecified atom stereocenters. The number of carbonyl (C=O) groups excluding carboxylic acids is 2. The van der Waals surface area contributed by atoms with E-state index in [1.165, 1.54) is 0 Å². The van der Waals surface area contributed by atoms with Gasteiger partial charge in [-0.2, -0.15) is 0 Å². The molecule has 19 heavy (non-hydrogen) atoms. The Hall–Kier alpha value is -1.40. The third-order valence-electron chi connectivity index (χ3n) is 3.03. The third kappa shape index (κ3) is 3.54. The quantitative estimate of drug-likeness (QED) is 0.824. The van der Waals surface area contributed by atoms with Gasteiger partial charge in [-0.15, -0.1) is 11.3 Å². The van der Waals surface area contributed by atoms with E-state index in [4.69, 9.17) is 4.74 Å².